The first-order chi connectivity index (χ1) is 12.4. The fraction of sp³-hybridized carbons (Fsp3) is 0.438. The summed E-state index contributed by atoms with van der Waals surface area (Å²) in [6.45, 7) is 3.63. The van der Waals surface area contributed by atoms with Crippen molar-refractivity contribution in [3.8, 4) is 0 Å². The lowest BCUT2D eigenvalue weighted by Gasteiger charge is -2.36. The van der Waals surface area contributed by atoms with Crippen LogP contribution in [-0.2, 0) is 6.54 Å². The van der Waals surface area contributed by atoms with Crippen LogP contribution in [0.4, 0.5) is 15.9 Å². The second-order valence-corrected chi connectivity index (χ2v) is 6.53. The molecule has 1 aromatic heterocycles. The molecule has 1 atom stereocenters. The Morgan fingerprint density at radius 3 is 2.46 bits per heavy atom. The highest BCUT2D eigenvalue weighted by Gasteiger charge is 2.22. The number of imidazole rings is 1. The lowest BCUT2D eigenvalue weighted by molar-refractivity contribution is -0.389. The summed E-state index contributed by atoms with van der Waals surface area (Å²) in [6.07, 6.45) is 0.497. The van der Waals surface area contributed by atoms with E-state index in [0.29, 0.717) is 6.54 Å². The van der Waals surface area contributed by atoms with Gasteiger partial charge in [-0.1, -0.05) is 0 Å². The van der Waals surface area contributed by atoms with Gasteiger partial charge >= 0.3 is 11.1 Å². The number of hydrogen-bond donors (Lipinski definition) is 1. The molecular formula is C16H19ClFN5O3. The van der Waals surface area contributed by atoms with Crippen LogP contribution in [0.1, 0.15) is 0 Å². The first-order valence-electron chi connectivity index (χ1n) is 8.20. The van der Waals surface area contributed by atoms with Gasteiger partial charge in [-0.15, -0.1) is 0 Å². The number of nitrogens with zero attached hydrogens (tertiary/aromatic N) is 5. The zero-order valence-corrected chi connectivity index (χ0v) is 14.7. The fourth-order valence-electron chi connectivity index (χ4n) is 3.02. The van der Waals surface area contributed by atoms with Crippen LogP contribution in [0.15, 0.2) is 30.5 Å². The largest absolute Gasteiger partial charge is 0.390 e. The summed E-state index contributed by atoms with van der Waals surface area (Å²) in [6, 6.07) is 6.40. The summed E-state index contributed by atoms with van der Waals surface area (Å²) < 4.78 is 14.4. The third kappa shape index (κ3) is 4.48. The zero-order valence-electron chi connectivity index (χ0n) is 14.0. The van der Waals surface area contributed by atoms with Gasteiger partial charge in [-0.25, -0.2) is 4.39 Å². The number of halogens is 2. The molecule has 0 amide bonds. The van der Waals surface area contributed by atoms with Crippen LogP contribution < -0.4 is 4.90 Å². The van der Waals surface area contributed by atoms with E-state index in [1.807, 2.05) is 0 Å². The van der Waals surface area contributed by atoms with E-state index in [1.54, 1.807) is 12.1 Å². The summed E-state index contributed by atoms with van der Waals surface area (Å²) in [5.74, 6) is -0.594. The van der Waals surface area contributed by atoms with Crippen LogP contribution in [0.25, 0.3) is 0 Å². The van der Waals surface area contributed by atoms with Crippen LogP contribution >= 0.6 is 11.6 Å². The number of aromatic nitrogens is 2. The van der Waals surface area contributed by atoms with E-state index in [0.717, 1.165) is 31.9 Å². The first kappa shape index (κ1) is 18.6. The molecule has 0 bridgehead atoms. The van der Waals surface area contributed by atoms with Crippen LogP contribution in [0.2, 0.25) is 5.28 Å². The fourth-order valence-corrected chi connectivity index (χ4v) is 3.22. The maximum absolute atomic E-state index is 13.0. The summed E-state index contributed by atoms with van der Waals surface area (Å²) in [5.41, 5.74) is 0.976. The Bertz CT molecular complexity index is 762. The minimum Gasteiger partial charge on any atom is -0.390 e. The number of β-amino-alcohol motifs (C(OH)–C–C–N with tert-alkyl or cyclic N) is 1. The normalized spacial score (nSPS) is 16.7. The maximum atomic E-state index is 13.0. The molecule has 140 valence electrons. The van der Waals surface area contributed by atoms with Gasteiger partial charge in [0.2, 0.25) is 0 Å². The molecule has 0 radical (unpaired) electrons. The Kier molecular flexibility index (Phi) is 5.70. The van der Waals surface area contributed by atoms with Gasteiger partial charge in [-0.3, -0.25) is 9.47 Å². The maximum Gasteiger partial charge on any atom is 0.383 e. The quantitative estimate of drug-likeness (QED) is 0.604. The van der Waals surface area contributed by atoms with Gasteiger partial charge in [-0.2, -0.15) is 0 Å². The molecule has 0 spiro atoms. The lowest BCUT2D eigenvalue weighted by Crippen LogP contribution is -2.49. The Hall–Kier alpha value is -2.23. The highest BCUT2D eigenvalue weighted by atomic mass is 35.5. The van der Waals surface area contributed by atoms with Crippen molar-refractivity contribution in [3.63, 3.8) is 0 Å². The second-order valence-electron chi connectivity index (χ2n) is 6.20. The first-order valence-corrected chi connectivity index (χ1v) is 8.58. The van der Waals surface area contributed by atoms with E-state index in [1.165, 1.54) is 22.9 Å². The number of piperazine rings is 1. The highest BCUT2D eigenvalue weighted by molar-refractivity contribution is 6.28. The van der Waals surface area contributed by atoms with E-state index >= 15 is 0 Å². The average Bonchev–Trinajstić information content (AvgIpc) is 2.97. The lowest BCUT2D eigenvalue weighted by atomic mass is 10.2. The molecule has 2 aromatic rings. The zero-order chi connectivity index (χ0) is 18.7. The molecule has 2 heterocycles. The SMILES string of the molecule is O=[N+]([O-])c1cn(C[C@@H](O)CN2CCN(c3ccc(F)cc3)CC2)c(Cl)n1. The average molecular weight is 384 g/mol. The second kappa shape index (κ2) is 7.98. The van der Waals surface area contributed by atoms with Crippen LogP contribution in [0.5, 0.6) is 0 Å². The summed E-state index contributed by atoms with van der Waals surface area (Å²) >= 11 is 5.86. The molecule has 1 N–H and O–H groups in total. The van der Waals surface area contributed by atoms with Crippen molar-refractivity contribution in [2.75, 3.05) is 37.6 Å². The van der Waals surface area contributed by atoms with Crippen molar-refractivity contribution < 1.29 is 14.4 Å². The molecule has 8 nitrogen and oxygen atoms in total. The molecule has 1 fully saturated rings. The summed E-state index contributed by atoms with van der Waals surface area (Å²) in [5, 5.41) is 21.0. The molecule has 26 heavy (non-hydrogen) atoms. The standard InChI is InChI=1S/C16H19ClFN5O3/c17-16-19-15(23(25)26)11-22(16)10-14(24)9-20-5-7-21(8-6-20)13-3-1-12(18)2-4-13/h1-4,11,14,24H,5-10H2/t14-/m0/s1. The van der Waals surface area contributed by atoms with E-state index < -0.39 is 11.0 Å². The molecule has 3 rings (SSSR count). The van der Waals surface area contributed by atoms with Crippen molar-refractivity contribution in [2.45, 2.75) is 12.6 Å². The molecule has 0 unspecified atom stereocenters. The topological polar surface area (TPSA) is 87.7 Å². The smallest absolute Gasteiger partial charge is 0.383 e. The predicted octanol–water partition coefficient (Wildman–Crippen LogP) is 1.77. The molecule has 1 aliphatic rings. The number of benzene rings is 1. The summed E-state index contributed by atoms with van der Waals surface area (Å²) in [7, 11) is 0. The van der Waals surface area contributed by atoms with Gasteiger partial charge in [-0.05, 0) is 45.8 Å². The molecule has 0 aliphatic carbocycles. The minimum absolute atomic E-state index is 0.0168. The van der Waals surface area contributed by atoms with Crippen molar-refractivity contribution in [1.29, 1.82) is 0 Å². The van der Waals surface area contributed by atoms with E-state index in [-0.39, 0.29) is 23.5 Å². The highest BCUT2D eigenvalue weighted by Crippen LogP contribution is 2.18. The van der Waals surface area contributed by atoms with Gasteiger partial charge in [0.1, 0.15) is 12.0 Å². The van der Waals surface area contributed by atoms with Gasteiger partial charge in [0.05, 0.1) is 12.6 Å². The number of hydrogen-bond acceptors (Lipinski definition) is 6. The van der Waals surface area contributed by atoms with Gasteiger partial charge in [0.15, 0.2) is 0 Å². The Balaban J connectivity index is 1.49. The van der Waals surface area contributed by atoms with E-state index in [4.69, 9.17) is 11.6 Å². The van der Waals surface area contributed by atoms with Crippen LogP contribution in [0.3, 0.4) is 0 Å². The van der Waals surface area contributed by atoms with Crippen LogP contribution in [-0.4, -0.2) is 63.3 Å². The van der Waals surface area contributed by atoms with Crippen molar-refractivity contribution in [1.82, 2.24) is 14.5 Å². The van der Waals surface area contributed by atoms with Gasteiger partial charge < -0.3 is 20.1 Å². The molecule has 1 saturated heterocycles. The Morgan fingerprint density at radius 2 is 1.88 bits per heavy atom. The monoisotopic (exact) mass is 383 g/mol. The third-order valence-corrected chi connectivity index (χ3v) is 4.64. The number of nitro groups is 1. The number of rotatable bonds is 6. The third-order valence-electron chi connectivity index (χ3n) is 4.34. The number of anilines is 1. The van der Waals surface area contributed by atoms with E-state index in [9.17, 15) is 19.6 Å². The van der Waals surface area contributed by atoms with Gasteiger partial charge in [0.25, 0.3) is 0 Å². The Morgan fingerprint density at radius 1 is 1.23 bits per heavy atom. The van der Waals surface area contributed by atoms with E-state index in [2.05, 4.69) is 14.8 Å². The molecule has 10 heteroatoms. The van der Waals surface area contributed by atoms with Crippen molar-refractivity contribution in [3.05, 3.63) is 51.7 Å². The van der Waals surface area contributed by atoms with Crippen molar-refractivity contribution >= 4 is 23.1 Å². The van der Waals surface area contributed by atoms with Gasteiger partial charge in [0, 0.05) is 38.4 Å². The molecule has 1 aromatic carbocycles. The van der Waals surface area contributed by atoms with Crippen LogP contribution in [0, 0.1) is 15.9 Å². The van der Waals surface area contributed by atoms with Crippen molar-refractivity contribution in [2.24, 2.45) is 0 Å². The predicted molar refractivity (Wildman–Crippen MR) is 95.0 cm³/mol. The molecular weight excluding hydrogens is 365 g/mol. The Labute approximate surface area is 154 Å². The number of aliphatic hydroxyl groups excluding tert-OH is 1. The number of aliphatic hydroxyl groups is 1. The summed E-state index contributed by atoms with van der Waals surface area (Å²) in [4.78, 5) is 18.0. The molecule has 1 aliphatic heterocycles. The minimum atomic E-state index is -0.723. The molecule has 0 saturated carbocycles.